The van der Waals surface area contributed by atoms with E-state index in [1.54, 1.807) is 0 Å². The van der Waals surface area contributed by atoms with Crippen molar-refractivity contribution in [2.45, 2.75) is 39.5 Å². The van der Waals surface area contributed by atoms with Gasteiger partial charge < -0.3 is 4.98 Å². The molecule has 98 valence electrons. The van der Waals surface area contributed by atoms with E-state index in [0.29, 0.717) is 11.8 Å². The fourth-order valence-corrected chi connectivity index (χ4v) is 2.30. The second kappa shape index (κ2) is 4.34. The minimum Gasteiger partial charge on any atom is -0.341 e. The molecular weight excluding hydrogens is 234 g/mol. The van der Waals surface area contributed by atoms with E-state index in [4.69, 9.17) is 0 Å². The number of nitrogens with zero attached hydrogens (tertiary/aromatic N) is 2. The molecule has 0 aliphatic heterocycles. The molecule has 0 spiro atoms. The van der Waals surface area contributed by atoms with Crippen LogP contribution in [0.25, 0.3) is 21.9 Å². The van der Waals surface area contributed by atoms with E-state index in [2.05, 4.69) is 48.7 Å². The molecule has 0 unspecified atom stereocenters. The van der Waals surface area contributed by atoms with E-state index in [9.17, 15) is 0 Å². The van der Waals surface area contributed by atoms with E-state index in [0.717, 1.165) is 22.4 Å². The Morgan fingerprint density at radius 1 is 1.00 bits per heavy atom. The summed E-state index contributed by atoms with van der Waals surface area (Å²) >= 11 is 0. The van der Waals surface area contributed by atoms with Crippen molar-refractivity contribution < 1.29 is 0 Å². The van der Waals surface area contributed by atoms with Crippen molar-refractivity contribution in [3.05, 3.63) is 35.8 Å². The van der Waals surface area contributed by atoms with Crippen molar-refractivity contribution in [1.29, 1.82) is 0 Å². The van der Waals surface area contributed by atoms with Gasteiger partial charge in [0.1, 0.15) is 5.82 Å². The molecule has 3 heteroatoms. The maximum atomic E-state index is 4.65. The molecule has 0 radical (unpaired) electrons. The van der Waals surface area contributed by atoms with Gasteiger partial charge in [-0.1, -0.05) is 27.7 Å². The van der Waals surface area contributed by atoms with E-state index in [-0.39, 0.29) is 0 Å². The number of imidazole rings is 1. The predicted molar refractivity (Wildman–Crippen MR) is 79.6 cm³/mol. The molecule has 0 saturated carbocycles. The van der Waals surface area contributed by atoms with Crippen LogP contribution in [0, 0.1) is 0 Å². The minimum atomic E-state index is 0.406. The molecule has 0 saturated heterocycles. The Bertz CT molecular complexity index is 738. The molecule has 3 aromatic rings. The number of hydrogen-bond donors (Lipinski definition) is 1. The van der Waals surface area contributed by atoms with Gasteiger partial charge >= 0.3 is 0 Å². The lowest BCUT2D eigenvalue weighted by molar-refractivity contribution is 0.799. The number of rotatable bonds is 2. The average molecular weight is 253 g/mol. The van der Waals surface area contributed by atoms with Crippen LogP contribution in [0.3, 0.4) is 0 Å². The number of nitrogens with one attached hydrogen (secondary N) is 1. The van der Waals surface area contributed by atoms with Gasteiger partial charge in [-0.3, -0.25) is 4.98 Å². The Kier molecular flexibility index (Phi) is 2.77. The summed E-state index contributed by atoms with van der Waals surface area (Å²) in [7, 11) is 0. The monoisotopic (exact) mass is 253 g/mol. The molecule has 1 N–H and O–H groups in total. The Hall–Kier alpha value is -1.90. The van der Waals surface area contributed by atoms with E-state index in [1.807, 2.05) is 18.3 Å². The molecule has 2 heterocycles. The first-order chi connectivity index (χ1) is 9.06. The zero-order chi connectivity index (χ0) is 13.6. The molecule has 2 aromatic heterocycles. The summed E-state index contributed by atoms with van der Waals surface area (Å²) in [5.41, 5.74) is 4.42. The van der Waals surface area contributed by atoms with Crippen molar-refractivity contribution in [1.82, 2.24) is 15.0 Å². The number of H-pyrrole nitrogens is 1. The van der Waals surface area contributed by atoms with Crippen LogP contribution < -0.4 is 0 Å². The standard InChI is InChI=1S/C16H19N3/c1-9(2)11-7-12-13(17-8-11)5-6-14-15(12)19-16(18-14)10(3)4/h5-10H,1-4H3,(H,18,19). The number of aromatic nitrogens is 3. The van der Waals surface area contributed by atoms with Crippen molar-refractivity contribution in [3.63, 3.8) is 0 Å². The highest BCUT2D eigenvalue weighted by molar-refractivity contribution is 6.02. The average Bonchev–Trinajstić information content (AvgIpc) is 2.82. The van der Waals surface area contributed by atoms with Crippen LogP contribution in [-0.4, -0.2) is 15.0 Å². The second-order valence-electron chi connectivity index (χ2n) is 5.73. The number of aromatic amines is 1. The van der Waals surface area contributed by atoms with Crippen molar-refractivity contribution >= 4 is 21.9 Å². The number of pyridine rings is 1. The van der Waals surface area contributed by atoms with E-state index in [1.165, 1.54) is 10.9 Å². The fourth-order valence-electron chi connectivity index (χ4n) is 2.30. The van der Waals surface area contributed by atoms with Crippen molar-refractivity contribution in [3.8, 4) is 0 Å². The molecule has 3 nitrogen and oxygen atoms in total. The maximum Gasteiger partial charge on any atom is 0.109 e. The molecular formula is C16H19N3. The minimum absolute atomic E-state index is 0.406. The van der Waals surface area contributed by atoms with Gasteiger partial charge in [-0.05, 0) is 29.7 Å². The Morgan fingerprint density at radius 3 is 2.42 bits per heavy atom. The van der Waals surface area contributed by atoms with Crippen LogP contribution >= 0.6 is 0 Å². The highest BCUT2D eigenvalue weighted by atomic mass is 14.9. The van der Waals surface area contributed by atoms with Gasteiger partial charge in [0, 0.05) is 17.5 Å². The van der Waals surface area contributed by atoms with E-state index < -0.39 is 0 Å². The summed E-state index contributed by atoms with van der Waals surface area (Å²) in [6.45, 7) is 8.68. The van der Waals surface area contributed by atoms with Crippen LogP contribution in [-0.2, 0) is 0 Å². The maximum absolute atomic E-state index is 4.65. The predicted octanol–water partition coefficient (Wildman–Crippen LogP) is 4.36. The zero-order valence-electron chi connectivity index (χ0n) is 11.9. The van der Waals surface area contributed by atoms with Crippen molar-refractivity contribution in [2.24, 2.45) is 0 Å². The normalized spacial score (nSPS) is 12.1. The molecule has 0 amide bonds. The van der Waals surface area contributed by atoms with Crippen LogP contribution in [0.15, 0.2) is 24.4 Å². The molecule has 0 atom stereocenters. The first kappa shape index (κ1) is 12.2. The molecule has 0 aliphatic rings. The van der Waals surface area contributed by atoms with Gasteiger partial charge in [-0.2, -0.15) is 0 Å². The summed E-state index contributed by atoms with van der Waals surface area (Å²) in [5, 5.41) is 1.17. The molecule has 0 bridgehead atoms. The van der Waals surface area contributed by atoms with Gasteiger partial charge in [-0.15, -0.1) is 0 Å². The summed E-state index contributed by atoms with van der Waals surface area (Å²) in [5.74, 6) is 1.93. The second-order valence-corrected chi connectivity index (χ2v) is 5.73. The third kappa shape index (κ3) is 1.99. The molecule has 1 aromatic carbocycles. The molecule has 19 heavy (non-hydrogen) atoms. The third-order valence-electron chi connectivity index (χ3n) is 3.57. The Balaban J connectivity index is 2.33. The molecule has 0 aliphatic carbocycles. The lowest BCUT2D eigenvalue weighted by atomic mass is 10.0. The largest absolute Gasteiger partial charge is 0.341 e. The third-order valence-corrected chi connectivity index (χ3v) is 3.57. The topological polar surface area (TPSA) is 41.6 Å². The number of hydrogen-bond acceptors (Lipinski definition) is 2. The fraction of sp³-hybridized carbons (Fsp3) is 0.375. The van der Waals surface area contributed by atoms with Crippen LogP contribution in [0.1, 0.15) is 50.9 Å². The first-order valence-electron chi connectivity index (χ1n) is 6.84. The smallest absolute Gasteiger partial charge is 0.109 e. The zero-order valence-corrected chi connectivity index (χ0v) is 11.9. The van der Waals surface area contributed by atoms with Gasteiger partial charge in [0.15, 0.2) is 0 Å². The number of fused-ring (bicyclic) bond motifs is 3. The molecule has 3 rings (SSSR count). The van der Waals surface area contributed by atoms with Gasteiger partial charge in [0.05, 0.1) is 16.6 Å². The highest BCUT2D eigenvalue weighted by Gasteiger charge is 2.10. The number of benzene rings is 1. The Labute approximate surface area is 113 Å². The lowest BCUT2D eigenvalue weighted by Crippen LogP contribution is -1.90. The Morgan fingerprint density at radius 2 is 1.74 bits per heavy atom. The summed E-state index contributed by atoms with van der Waals surface area (Å²) < 4.78 is 0. The van der Waals surface area contributed by atoms with Gasteiger partial charge in [0.25, 0.3) is 0 Å². The van der Waals surface area contributed by atoms with Crippen LogP contribution in [0.2, 0.25) is 0 Å². The van der Waals surface area contributed by atoms with Gasteiger partial charge in [0.2, 0.25) is 0 Å². The summed E-state index contributed by atoms with van der Waals surface area (Å²) in [6, 6.07) is 6.33. The summed E-state index contributed by atoms with van der Waals surface area (Å²) in [4.78, 5) is 12.7. The quantitative estimate of drug-likeness (QED) is 0.737. The lowest BCUT2D eigenvalue weighted by Gasteiger charge is -2.06. The molecule has 0 fully saturated rings. The van der Waals surface area contributed by atoms with Crippen LogP contribution in [0.4, 0.5) is 0 Å². The SMILES string of the molecule is CC(C)c1cnc2ccc3nc(C(C)C)[nH]c3c2c1. The van der Waals surface area contributed by atoms with Crippen LogP contribution in [0.5, 0.6) is 0 Å². The first-order valence-corrected chi connectivity index (χ1v) is 6.84. The summed E-state index contributed by atoms with van der Waals surface area (Å²) in [6.07, 6.45) is 1.97. The van der Waals surface area contributed by atoms with Gasteiger partial charge in [-0.25, -0.2) is 4.98 Å². The van der Waals surface area contributed by atoms with Crippen molar-refractivity contribution in [2.75, 3.05) is 0 Å². The highest BCUT2D eigenvalue weighted by Crippen LogP contribution is 2.27. The van der Waals surface area contributed by atoms with E-state index >= 15 is 0 Å².